The number of nitrogens with one attached hydrogen (secondary N) is 1. The summed E-state index contributed by atoms with van der Waals surface area (Å²) in [5.41, 5.74) is 1.64. The molecule has 1 aliphatic heterocycles. The van der Waals surface area contributed by atoms with Gasteiger partial charge in [-0.05, 0) is 55.8 Å². The van der Waals surface area contributed by atoms with Gasteiger partial charge in [0.2, 0.25) is 5.91 Å². The maximum absolute atomic E-state index is 13.6. The fourth-order valence-electron chi connectivity index (χ4n) is 2.90. The third kappa shape index (κ3) is 4.36. The minimum absolute atomic E-state index is 0.0815. The number of urea groups is 1. The van der Waals surface area contributed by atoms with Crippen molar-refractivity contribution in [2.24, 2.45) is 0 Å². The molecule has 1 aliphatic rings. The van der Waals surface area contributed by atoms with Crippen LogP contribution >= 0.6 is 0 Å². The van der Waals surface area contributed by atoms with Gasteiger partial charge in [0.25, 0.3) is 0 Å². The Hall–Kier alpha value is -3.09. The van der Waals surface area contributed by atoms with Crippen molar-refractivity contribution < 1.29 is 18.7 Å². The fourth-order valence-corrected chi connectivity index (χ4v) is 2.90. The first-order valence-electron chi connectivity index (χ1n) is 8.83. The molecule has 1 fully saturated rings. The zero-order chi connectivity index (χ0) is 19.4. The lowest BCUT2D eigenvalue weighted by molar-refractivity contribution is -0.116. The molecule has 0 radical (unpaired) electrons. The summed E-state index contributed by atoms with van der Waals surface area (Å²) < 4.78 is 19.0. The predicted molar refractivity (Wildman–Crippen MR) is 102 cm³/mol. The molecule has 142 valence electrons. The maximum atomic E-state index is 13.6. The topological polar surface area (TPSA) is 61.9 Å². The number of ether oxygens (including phenoxy) is 1. The van der Waals surface area contributed by atoms with E-state index in [9.17, 15) is 14.0 Å². The molecule has 0 aromatic heterocycles. The van der Waals surface area contributed by atoms with Crippen LogP contribution in [0.15, 0.2) is 42.5 Å². The van der Waals surface area contributed by atoms with Crippen LogP contribution in [-0.2, 0) is 4.79 Å². The van der Waals surface area contributed by atoms with Crippen LogP contribution in [0.1, 0.15) is 12.5 Å². The molecule has 0 bridgehead atoms. The molecule has 7 heteroatoms. The predicted octanol–water partition coefficient (Wildman–Crippen LogP) is 3.41. The molecule has 0 unspecified atom stereocenters. The van der Waals surface area contributed by atoms with E-state index in [1.165, 1.54) is 11.0 Å². The lowest BCUT2D eigenvalue weighted by Crippen LogP contribution is -2.37. The third-order valence-electron chi connectivity index (χ3n) is 4.34. The highest BCUT2D eigenvalue weighted by Crippen LogP contribution is 2.23. The first kappa shape index (κ1) is 18.7. The second-order valence-corrected chi connectivity index (χ2v) is 6.29. The average Bonchev–Trinajstić information content (AvgIpc) is 3.00. The molecule has 1 saturated heterocycles. The van der Waals surface area contributed by atoms with Crippen LogP contribution < -0.4 is 15.0 Å². The number of benzene rings is 2. The van der Waals surface area contributed by atoms with Crippen molar-refractivity contribution in [3.8, 4) is 5.75 Å². The second-order valence-electron chi connectivity index (χ2n) is 6.29. The lowest BCUT2D eigenvalue weighted by Gasteiger charge is -2.19. The number of amides is 3. The largest absolute Gasteiger partial charge is 0.494 e. The number of carbonyl (C=O) groups excluding carboxylic acids is 2. The number of carbonyl (C=O) groups is 2. The van der Waals surface area contributed by atoms with E-state index >= 15 is 0 Å². The highest BCUT2D eigenvalue weighted by atomic mass is 19.1. The van der Waals surface area contributed by atoms with Gasteiger partial charge in [0.1, 0.15) is 18.1 Å². The van der Waals surface area contributed by atoms with Crippen LogP contribution in [0.2, 0.25) is 0 Å². The summed E-state index contributed by atoms with van der Waals surface area (Å²) in [7, 11) is 0. The normalized spacial score (nSPS) is 13.8. The summed E-state index contributed by atoms with van der Waals surface area (Å²) in [6, 6.07) is 11.5. The molecule has 0 aliphatic carbocycles. The number of rotatable bonds is 6. The molecule has 2 aromatic rings. The van der Waals surface area contributed by atoms with Gasteiger partial charge in [-0.25, -0.2) is 9.18 Å². The zero-order valence-electron chi connectivity index (χ0n) is 15.4. The van der Waals surface area contributed by atoms with Gasteiger partial charge in [-0.2, -0.15) is 0 Å². The van der Waals surface area contributed by atoms with Gasteiger partial charge in [-0.3, -0.25) is 9.69 Å². The molecule has 3 rings (SSSR count). The highest BCUT2D eigenvalue weighted by molar-refractivity contribution is 5.99. The third-order valence-corrected chi connectivity index (χ3v) is 4.34. The van der Waals surface area contributed by atoms with Gasteiger partial charge in [-0.1, -0.05) is 6.07 Å². The summed E-state index contributed by atoms with van der Waals surface area (Å²) in [4.78, 5) is 27.9. The van der Waals surface area contributed by atoms with Gasteiger partial charge in [0.05, 0.1) is 6.61 Å². The number of nitrogens with zero attached hydrogens (tertiary/aromatic N) is 2. The number of anilines is 2. The Bertz CT molecular complexity index is 839. The van der Waals surface area contributed by atoms with Crippen molar-refractivity contribution in [1.82, 2.24) is 4.90 Å². The molecule has 1 heterocycles. The monoisotopic (exact) mass is 371 g/mol. The molecule has 0 spiro atoms. The van der Waals surface area contributed by atoms with E-state index in [4.69, 9.17) is 4.74 Å². The Morgan fingerprint density at radius 1 is 1.19 bits per heavy atom. The van der Waals surface area contributed by atoms with Crippen LogP contribution in [-0.4, -0.2) is 43.1 Å². The summed E-state index contributed by atoms with van der Waals surface area (Å²) in [5.74, 6) is 0.00123. The Kier molecular flexibility index (Phi) is 5.59. The van der Waals surface area contributed by atoms with E-state index in [0.717, 1.165) is 11.4 Å². The van der Waals surface area contributed by atoms with E-state index in [2.05, 4.69) is 5.32 Å². The Labute approximate surface area is 157 Å². The Morgan fingerprint density at radius 2 is 1.93 bits per heavy atom. The first-order chi connectivity index (χ1) is 13.0. The SMILES string of the molecule is CCOc1ccc(N2CCN(CC(=O)Nc3ccc(C)c(F)c3)C2=O)cc1. The molecule has 0 atom stereocenters. The highest BCUT2D eigenvalue weighted by Gasteiger charge is 2.30. The second kappa shape index (κ2) is 8.07. The van der Waals surface area contributed by atoms with Crippen LogP contribution in [0.3, 0.4) is 0 Å². The number of hydrogen-bond acceptors (Lipinski definition) is 3. The van der Waals surface area contributed by atoms with Crippen molar-refractivity contribution >= 4 is 23.3 Å². The fraction of sp³-hybridized carbons (Fsp3) is 0.300. The summed E-state index contributed by atoms with van der Waals surface area (Å²) in [5, 5.41) is 2.63. The molecule has 2 aromatic carbocycles. The summed E-state index contributed by atoms with van der Waals surface area (Å²) >= 11 is 0. The van der Waals surface area contributed by atoms with E-state index in [1.807, 2.05) is 31.2 Å². The van der Waals surface area contributed by atoms with E-state index in [0.29, 0.717) is 30.9 Å². The quantitative estimate of drug-likeness (QED) is 0.846. The minimum atomic E-state index is -0.383. The van der Waals surface area contributed by atoms with Crippen molar-refractivity contribution in [2.75, 3.05) is 36.5 Å². The maximum Gasteiger partial charge on any atom is 0.325 e. The minimum Gasteiger partial charge on any atom is -0.494 e. The molecule has 0 saturated carbocycles. The van der Waals surface area contributed by atoms with Gasteiger partial charge >= 0.3 is 6.03 Å². The Balaban J connectivity index is 1.59. The van der Waals surface area contributed by atoms with E-state index in [1.54, 1.807) is 24.0 Å². The van der Waals surface area contributed by atoms with Crippen LogP contribution in [0.25, 0.3) is 0 Å². The number of aryl methyl sites for hydroxylation is 1. The van der Waals surface area contributed by atoms with Crippen molar-refractivity contribution in [3.05, 3.63) is 53.8 Å². The van der Waals surface area contributed by atoms with Gasteiger partial charge in [0, 0.05) is 24.5 Å². The van der Waals surface area contributed by atoms with E-state index in [-0.39, 0.29) is 24.3 Å². The Morgan fingerprint density at radius 3 is 2.59 bits per heavy atom. The molecular weight excluding hydrogens is 349 g/mol. The summed E-state index contributed by atoms with van der Waals surface area (Å²) in [6.07, 6.45) is 0. The number of hydrogen-bond donors (Lipinski definition) is 1. The standard InChI is InChI=1S/C20H22FN3O3/c1-3-27-17-8-6-16(7-9-17)24-11-10-23(20(24)26)13-19(25)22-15-5-4-14(2)18(21)12-15/h4-9,12H,3,10-11,13H2,1-2H3,(H,22,25). The van der Waals surface area contributed by atoms with Gasteiger partial charge < -0.3 is 15.0 Å². The average molecular weight is 371 g/mol. The van der Waals surface area contributed by atoms with Crippen LogP contribution in [0.4, 0.5) is 20.6 Å². The molecule has 1 N–H and O–H groups in total. The lowest BCUT2D eigenvalue weighted by atomic mass is 10.2. The van der Waals surface area contributed by atoms with Crippen molar-refractivity contribution in [2.45, 2.75) is 13.8 Å². The summed E-state index contributed by atoms with van der Waals surface area (Å²) in [6.45, 7) is 5.00. The van der Waals surface area contributed by atoms with E-state index < -0.39 is 0 Å². The first-order valence-corrected chi connectivity index (χ1v) is 8.83. The smallest absolute Gasteiger partial charge is 0.325 e. The molecule has 27 heavy (non-hydrogen) atoms. The zero-order valence-corrected chi connectivity index (χ0v) is 15.4. The van der Waals surface area contributed by atoms with Gasteiger partial charge in [-0.15, -0.1) is 0 Å². The van der Waals surface area contributed by atoms with Crippen molar-refractivity contribution in [1.29, 1.82) is 0 Å². The molecule has 6 nitrogen and oxygen atoms in total. The van der Waals surface area contributed by atoms with Gasteiger partial charge in [0.15, 0.2) is 0 Å². The number of halogens is 1. The molecular formula is C20H22FN3O3. The van der Waals surface area contributed by atoms with Crippen LogP contribution in [0, 0.1) is 12.7 Å². The molecule has 3 amide bonds. The van der Waals surface area contributed by atoms with Crippen molar-refractivity contribution in [3.63, 3.8) is 0 Å². The van der Waals surface area contributed by atoms with Crippen LogP contribution in [0.5, 0.6) is 5.75 Å².